The van der Waals surface area contributed by atoms with Gasteiger partial charge in [0.1, 0.15) is 0 Å². The van der Waals surface area contributed by atoms with Crippen LogP contribution in [0.4, 0.5) is 0 Å². The van der Waals surface area contributed by atoms with E-state index in [9.17, 15) is 5.11 Å². The van der Waals surface area contributed by atoms with Crippen LogP contribution in [0.5, 0.6) is 0 Å². The molecule has 0 aliphatic heterocycles. The van der Waals surface area contributed by atoms with Crippen molar-refractivity contribution in [2.24, 2.45) is 0 Å². The molecule has 0 heterocycles. The highest BCUT2D eigenvalue weighted by molar-refractivity contribution is 5.16. The first kappa shape index (κ1) is 17.1. The van der Waals surface area contributed by atoms with E-state index in [0.717, 1.165) is 12.1 Å². The summed E-state index contributed by atoms with van der Waals surface area (Å²) in [5.41, 5.74) is 1.12. The molecule has 0 radical (unpaired) electrons. The maximum absolute atomic E-state index is 9.86. The lowest BCUT2D eigenvalue weighted by Gasteiger charge is -2.18. The summed E-state index contributed by atoms with van der Waals surface area (Å²) in [6.45, 7) is 8.26. The first-order valence-electron chi connectivity index (χ1n) is 7.30. The average molecular weight is 281 g/mol. The van der Waals surface area contributed by atoms with Crippen LogP contribution in [0, 0.1) is 0 Å². The molecule has 1 aromatic carbocycles. The smallest absolute Gasteiger partial charge is 0.0897 e. The summed E-state index contributed by atoms with van der Waals surface area (Å²) in [4.78, 5) is 0. The molecular formula is C16H27NO3. The van der Waals surface area contributed by atoms with Gasteiger partial charge in [-0.05, 0) is 26.3 Å². The number of nitrogens with one attached hydrogen (secondary N) is 1. The number of aliphatic hydroxyl groups is 1. The van der Waals surface area contributed by atoms with Crippen molar-refractivity contribution in [2.75, 3.05) is 26.3 Å². The topological polar surface area (TPSA) is 50.7 Å². The van der Waals surface area contributed by atoms with Gasteiger partial charge in [-0.25, -0.2) is 0 Å². The molecule has 3 unspecified atom stereocenters. The van der Waals surface area contributed by atoms with Crippen LogP contribution in [0.3, 0.4) is 0 Å². The molecule has 20 heavy (non-hydrogen) atoms. The molecule has 4 heteroatoms. The number of rotatable bonds is 10. The van der Waals surface area contributed by atoms with Crippen molar-refractivity contribution in [2.45, 2.75) is 39.1 Å². The van der Waals surface area contributed by atoms with Gasteiger partial charge >= 0.3 is 0 Å². The van der Waals surface area contributed by atoms with Gasteiger partial charge in [0.05, 0.1) is 24.9 Å². The summed E-state index contributed by atoms with van der Waals surface area (Å²) < 4.78 is 11.1. The second-order valence-electron chi connectivity index (χ2n) is 4.96. The Bertz CT molecular complexity index is 345. The summed E-state index contributed by atoms with van der Waals surface area (Å²) in [5.74, 6) is 0. The molecular weight excluding hydrogens is 254 g/mol. The summed E-state index contributed by atoms with van der Waals surface area (Å²) >= 11 is 0. The number of hydrogen-bond acceptors (Lipinski definition) is 4. The number of hydrogen-bond donors (Lipinski definition) is 2. The zero-order valence-electron chi connectivity index (χ0n) is 12.7. The molecule has 0 spiro atoms. The SMILES string of the molecule is CCOC(C)CNCC(O)COC(C)c1ccccc1. The van der Waals surface area contributed by atoms with E-state index < -0.39 is 6.10 Å². The predicted octanol–water partition coefficient (Wildman–Crippen LogP) is 2.14. The molecule has 1 rings (SSSR count). The molecule has 0 amide bonds. The number of aliphatic hydroxyl groups excluding tert-OH is 1. The Morgan fingerprint density at radius 3 is 2.45 bits per heavy atom. The molecule has 0 saturated carbocycles. The first-order valence-corrected chi connectivity index (χ1v) is 7.30. The molecule has 0 aliphatic rings. The molecule has 2 N–H and O–H groups in total. The van der Waals surface area contributed by atoms with Crippen LogP contribution in [-0.2, 0) is 9.47 Å². The summed E-state index contributed by atoms with van der Waals surface area (Å²) in [6.07, 6.45) is -0.348. The van der Waals surface area contributed by atoms with Crippen LogP contribution >= 0.6 is 0 Å². The largest absolute Gasteiger partial charge is 0.389 e. The van der Waals surface area contributed by atoms with Gasteiger partial charge in [0.2, 0.25) is 0 Å². The lowest BCUT2D eigenvalue weighted by Crippen LogP contribution is -2.35. The second-order valence-corrected chi connectivity index (χ2v) is 4.96. The van der Waals surface area contributed by atoms with Gasteiger partial charge in [-0.1, -0.05) is 30.3 Å². The van der Waals surface area contributed by atoms with E-state index >= 15 is 0 Å². The Morgan fingerprint density at radius 1 is 1.10 bits per heavy atom. The van der Waals surface area contributed by atoms with E-state index in [1.54, 1.807) is 0 Å². The molecule has 3 atom stereocenters. The Labute approximate surface area is 122 Å². The van der Waals surface area contributed by atoms with E-state index in [1.807, 2.05) is 51.1 Å². The third-order valence-electron chi connectivity index (χ3n) is 3.07. The van der Waals surface area contributed by atoms with Gasteiger partial charge in [-0.2, -0.15) is 0 Å². The van der Waals surface area contributed by atoms with Gasteiger partial charge in [0, 0.05) is 19.7 Å². The van der Waals surface area contributed by atoms with Gasteiger partial charge in [0.25, 0.3) is 0 Å². The van der Waals surface area contributed by atoms with Crippen LogP contribution in [-0.4, -0.2) is 43.6 Å². The van der Waals surface area contributed by atoms with Gasteiger partial charge in [-0.15, -0.1) is 0 Å². The van der Waals surface area contributed by atoms with E-state index in [2.05, 4.69) is 5.32 Å². The van der Waals surface area contributed by atoms with Crippen molar-refractivity contribution < 1.29 is 14.6 Å². The highest BCUT2D eigenvalue weighted by Gasteiger charge is 2.10. The Balaban J connectivity index is 2.15. The minimum absolute atomic E-state index is 0.00630. The van der Waals surface area contributed by atoms with E-state index in [4.69, 9.17) is 9.47 Å². The zero-order chi connectivity index (χ0) is 14.8. The van der Waals surface area contributed by atoms with Crippen molar-refractivity contribution >= 4 is 0 Å². The lowest BCUT2D eigenvalue weighted by molar-refractivity contribution is -0.00377. The predicted molar refractivity (Wildman–Crippen MR) is 80.8 cm³/mol. The van der Waals surface area contributed by atoms with Crippen molar-refractivity contribution in [1.29, 1.82) is 0 Å². The minimum atomic E-state index is -0.505. The lowest BCUT2D eigenvalue weighted by atomic mass is 10.1. The van der Waals surface area contributed by atoms with Gasteiger partial charge < -0.3 is 19.9 Å². The first-order chi connectivity index (χ1) is 9.63. The molecule has 1 aromatic rings. The maximum Gasteiger partial charge on any atom is 0.0897 e. The van der Waals surface area contributed by atoms with Gasteiger partial charge in [0.15, 0.2) is 0 Å². The second kappa shape index (κ2) is 9.88. The fourth-order valence-electron chi connectivity index (χ4n) is 1.93. The van der Waals surface area contributed by atoms with Crippen LogP contribution in [0.15, 0.2) is 30.3 Å². The van der Waals surface area contributed by atoms with E-state index in [0.29, 0.717) is 19.8 Å². The fourth-order valence-corrected chi connectivity index (χ4v) is 1.93. The Hall–Kier alpha value is -0.940. The Kier molecular flexibility index (Phi) is 8.46. The fraction of sp³-hybridized carbons (Fsp3) is 0.625. The minimum Gasteiger partial charge on any atom is -0.389 e. The Morgan fingerprint density at radius 2 is 1.80 bits per heavy atom. The zero-order valence-corrected chi connectivity index (χ0v) is 12.7. The maximum atomic E-state index is 9.86. The normalized spacial score (nSPS) is 15.8. The standard InChI is InChI=1S/C16H27NO3/c1-4-19-13(2)10-17-11-16(18)12-20-14(3)15-8-6-5-7-9-15/h5-9,13-14,16-18H,4,10-12H2,1-3H3. The molecule has 0 fully saturated rings. The molecule has 0 saturated heterocycles. The van der Waals surface area contributed by atoms with Crippen LogP contribution in [0.2, 0.25) is 0 Å². The van der Waals surface area contributed by atoms with Crippen LogP contribution in [0.1, 0.15) is 32.4 Å². The van der Waals surface area contributed by atoms with Crippen LogP contribution in [0.25, 0.3) is 0 Å². The van der Waals surface area contributed by atoms with Crippen molar-refractivity contribution in [3.8, 4) is 0 Å². The molecule has 114 valence electrons. The molecule has 0 aliphatic carbocycles. The summed E-state index contributed by atoms with van der Waals surface area (Å²) in [7, 11) is 0. The number of ether oxygens (including phenoxy) is 2. The van der Waals surface area contributed by atoms with E-state index in [-0.39, 0.29) is 12.2 Å². The van der Waals surface area contributed by atoms with Crippen molar-refractivity contribution in [1.82, 2.24) is 5.32 Å². The molecule has 0 aromatic heterocycles. The monoisotopic (exact) mass is 281 g/mol. The van der Waals surface area contributed by atoms with Crippen LogP contribution < -0.4 is 5.32 Å². The van der Waals surface area contributed by atoms with Gasteiger partial charge in [-0.3, -0.25) is 0 Å². The van der Waals surface area contributed by atoms with Crippen molar-refractivity contribution in [3.05, 3.63) is 35.9 Å². The summed E-state index contributed by atoms with van der Waals surface area (Å²) in [5, 5.41) is 13.0. The molecule has 4 nitrogen and oxygen atoms in total. The van der Waals surface area contributed by atoms with Crippen molar-refractivity contribution in [3.63, 3.8) is 0 Å². The number of benzene rings is 1. The highest BCUT2D eigenvalue weighted by Crippen LogP contribution is 2.15. The quantitative estimate of drug-likeness (QED) is 0.690. The summed E-state index contributed by atoms with van der Waals surface area (Å²) in [6, 6.07) is 10.0. The third kappa shape index (κ3) is 7.01. The third-order valence-corrected chi connectivity index (χ3v) is 3.07. The average Bonchev–Trinajstić information content (AvgIpc) is 2.46. The molecule has 0 bridgehead atoms. The highest BCUT2D eigenvalue weighted by atomic mass is 16.5. The van der Waals surface area contributed by atoms with E-state index in [1.165, 1.54) is 0 Å².